The largest absolute Gasteiger partial charge is 0.497 e. The van der Waals surface area contributed by atoms with Crippen molar-refractivity contribution in [2.45, 2.75) is 33.5 Å². The standard InChI is InChI=1S/C19H27NOSi/c1-5-20-14-17-10-8-11-18(13-17)21-15-22(3,4)19-12-7-6-9-16(19)2/h6-13,20H,5,14-15H2,1-4H3. The van der Waals surface area contributed by atoms with E-state index in [2.05, 4.69) is 80.8 Å². The highest BCUT2D eigenvalue weighted by molar-refractivity contribution is 6.90. The second-order valence-corrected chi connectivity index (χ2v) is 11.0. The third-order valence-corrected chi connectivity index (χ3v) is 6.84. The first kappa shape index (κ1) is 16.8. The molecule has 0 saturated heterocycles. The lowest BCUT2D eigenvalue weighted by atomic mass is 10.2. The molecule has 0 aliphatic rings. The number of rotatable bonds is 7. The van der Waals surface area contributed by atoms with Gasteiger partial charge in [0.25, 0.3) is 0 Å². The van der Waals surface area contributed by atoms with E-state index < -0.39 is 8.07 Å². The van der Waals surface area contributed by atoms with Crippen LogP contribution in [0.4, 0.5) is 0 Å². The Balaban J connectivity index is 2.04. The van der Waals surface area contributed by atoms with Crippen LogP contribution in [0.25, 0.3) is 0 Å². The Morgan fingerprint density at radius 3 is 2.55 bits per heavy atom. The van der Waals surface area contributed by atoms with Gasteiger partial charge in [0.2, 0.25) is 0 Å². The van der Waals surface area contributed by atoms with Crippen molar-refractivity contribution in [2.75, 3.05) is 12.8 Å². The smallest absolute Gasteiger partial charge is 0.124 e. The first-order valence-corrected chi connectivity index (χ1v) is 11.2. The first-order chi connectivity index (χ1) is 10.5. The Hall–Kier alpha value is -1.58. The van der Waals surface area contributed by atoms with Gasteiger partial charge in [0.1, 0.15) is 13.8 Å². The molecule has 0 amide bonds. The van der Waals surface area contributed by atoms with Gasteiger partial charge in [-0.15, -0.1) is 0 Å². The van der Waals surface area contributed by atoms with Crippen LogP contribution in [0.5, 0.6) is 5.75 Å². The minimum absolute atomic E-state index is 0.808. The molecule has 0 unspecified atom stereocenters. The van der Waals surface area contributed by atoms with Crippen molar-refractivity contribution < 1.29 is 4.74 Å². The third-order valence-electron chi connectivity index (χ3n) is 3.95. The van der Waals surface area contributed by atoms with Gasteiger partial charge in [0.15, 0.2) is 0 Å². The second-order valence-electron chi connectivity index (χ2n) is 6.42. The molecule has 0 bridgehead atoms. The Labute approximate surface area is 135 Å². The van der Waals surface area contributed by atoms with Crippen molar-refractivity contribution in [3.63, 3.8) is 0 Å². The highest BCUT2D eigenvalue weighted by atomic mass is 28.3. The number of nitrogens with one attached hydrogen (secondary N) is 1. The van der Waals surface area contributed by atoms with Crippen LogP contribution in [0.2, 0.25) is 13.1 Å². The minimum Gasteiger partial charge on any atom is -0.497 e. The zero-order valence-electron chi connectivity index (χ0n) is 14.1. The Kier molecular flexibility index (Phi) is 5.81. The molecule has 3 heteroatoms. The molecule has 22 heavy (non-hydrogen) atoms. The summed E-state index contributed by atoms with van der Waals surface area (Å²) in [5.41, 5.74) is 2.65. The number of aryl methyl sites for hydroxylation is 1. The summed E-state index contributed by atoms with van der Waals surface area (Å²) in [5, 5.41) is 4.84. The summed E-state index contributed by atoms with van der Waals surface area (Å²) < 4.78 is 6.13. The molecule has 118 valence electrons. The summed E-state index contributed by atoms with van der Waals surface area (Å²) in [6.45, 7) is 10.9. The van der Waals surface area contributed by atoms with Crippen molar-refractivity contribution in [2.24, 2.45) is 0 Å². The van der Waals surface area contributed by atoms with E-state index in [0.29, 0.717) is 0 Å². The lowest BCUT2D eigenvalue weighted by molar-refractivity contribution is 0.378. The fourth-order valence-corrected chi connectivity index (χ4v) is 5.07. The van der Waals surface area contributed by atoms with Crippen LogP contribution >= 0.6 is 0 Å². The van der Waals surface area contributed by atoms with E-state index in [1.54, 1.807) is 0 Å². The fraction of sp³-hybridized carbons (Fsp3) is 0.368. The average Bonchev–Trinajstić information content (AvgIpc) is 2.52. The average molecular weight is 314 g/mol. The third kappa shape index (κ3) is 4.45. The van der Waals surface area contributed by atoms with E-state index in [0.717, 1.165) is 25.1 Å². The Morgan fingerprint density at radius 2 is 1.82 bits per heavy atom. The molecule has 2 rings (SSSR count). The van der Waals surface area contributed by atoms with E-state index in [9.17, 15) is 0 Å². The zero-order valence-corrected chi connectivity index (χ0v) is 15.1. The lowest BCUT2D eigenvalue weighted by Crippen LogP contribution is -2.48. The molecule has 1 N–H and O–H groups in total. The predicted molar refractivity (Wildman–Crippen MR) is 97.6 cm³/mol. The number of ether oxygens (including phenoxy) is 1. The van der Waals surface area contributed by atoms with Gasteiger partial charge in [-0.2, -0.15) is 0 Å². The van der Waals surface area contributed by atoms with Crippen LogP contribution < -0.4 is 15.2 Å². The summed E-state index contributed by atoms with van der Waals surface area (Å²) in [5.74, 6) is 0.976. The summed E-state index contributed by atoms with van der Waals surface area (Å²) in [6, 6.07) is 17.1. The molecular weight excluding hydrogens is 286 g/mol. The van der Waals surface area contributed by atoms with Gasteiger partial charge >= 0.3 is 0 Å². The normalized spacial score (nSPS) is 11.5. The van der Waals surface area contributed by atoms with E-state index in [-0.39, 0.29) is 0 Å². The molecule has 0 saturated carbocycles. The van der Waals surface area contributed by atoms with Gasteiger partial charge in [-0.3, -0.25) is 0 Å². The second kappa shape index (κ2) is 7.61. The maximum absolute atomic E-state index is 6.13. The molecule has 2 nitrogen and oxygen atoms in total. The van der Waals surface area contributed by atoms with Gasteiger partial charge in [0.05, 0.1) is 6.23 Å². The zero-order chi connectivity index (χ0) is 16.0. The topological polar surface area (TPSA) is 21.3 Å². The van der Waals surface area contributed by atoms with Crippen molar-refractivity contribution in [1.82, 2.24) is 5.32 Å². The maximum Gasteiger partial charge on any atom is 0.124 e. The first-order valence-electron chi connectivity index (χ1n) is 8.01. The molecule has 0 heterocycles. The van der Waals surface area contributed by atoms with E-state index in [4.69, 9.17) is 4.74 Å². The van der Waals surface area contributed by atoms with Crippen molar-refractivity contribution in [1.29, 1.82) is 0 Å². The monoisotopic (exact) mass is 313 g/mol. The highest BCUT2D eigenvalue weighted by Crippen LogP contribution is 2.16. The molecule has 0 aliphatic carbocycles. The Morgan fingerprint density at radius 1 is 1.05 bits per heavy atom. The van der Waals surface area contributed by atoms with Crippen LogP contribution in [0.1, 0.15) is 18.1 Å². The van der Waals surface area contributed by atoms with Crippen LogP contribution in [0.15, 0.2) is 48.5 Å². The number of benzene rings is 2. The maximum atomic E-state index is 6.13. The molecule has 2 aromatic carbocycles. The molecule has 0 fully saturated rings. The van der Waals surface area contributed by atoms with Crippen LogP contribution in [0.3, 0.4) is 0 Å². The molecule has 0 aromatic heterocycles. The summed E-state index contributed by atoms with van der Waals surface area (Å²) >= 11 is 0. The molecular formula is C19H27NOSi. The summed E-state index contributed by atoms with van der Waals surface area (Å²) in [6.07, 6.45) is 0.808. The van der Waals surface area contributed by atoms with Crippen LogP contribution in [0, 0.1) is 6.92 Å². The summed E-state index contributed by atoms with van der Waals surface area (Å²) in [4.78, 5) is 0. The lowest BCUT2D eigenvalue weighted by Gasteiger charge is -2.25. The van der Waals surface area contributed by atoms with Crippen LogP contribution in [-0.4, -0.2) is 20.8 Å². The van der Waals surface area contributed by atoms with Gasteiger partial charge in [-0.25, -0.2) is 0 Å². The SMILES string of the molecule is CCNCc1cccc(OC[Si](C)(C)c2ccccc2C)c1. The van der Waals surface area contributed by atoms with Gasteiger partial charge in [-0.1, -0.05) is 67.2 Å². The molecule has 0 radical (unpaired) electrons. The van der Waals surface area contributed by atoms with E-state index >= 15 is 0 Å². The van der Waals surface area contributed by atoms with E-state index in [1.807, 2.05) is 0 Å². The number of hydrogen-bond donors (Lipinski definition) is 1. The molecule has 0 aliphatic heterocycles. The fourth-order valence-electron chi connectivity index (χ4n) is 2.69. The van der Waals surface area contributed by atoms with Gasteiger partial charge < -0.3 is 10.1 Å². The predicted octanol–water partition coefficient (Wildman–Crippen LogP) is 3.64. The molecule has 2 aromatic rings. The quantitative estimate of drug-likeness (QED) is 0.788. The van der Waals surface area contributed by atoms with Crippen molar-refractivity contribution in [3.05, 3.63) is 59.7 Å². The molecule has 0 atom stereocenters. The van der Waals surface area contributed by atoms with E-state index in [1.165, 1.54) is 16.3 Å². The summed E-state index contributed by atoms with van der Waals surface area (Å²) in [7, 11) is -1.59. The highest BCUT2D eigenvalue weighted by Gasteiger charge is 2.26. The van der Waals surface area contributed by atoms with Gasteiger partial charge in [0, 0.05) is 6.54 Å². The van der Waals surface area contributed by atoms with Crippen LogP contribution in [-0.2, 0) is 6.54 Å². The minimum atomic E-state index is -1.59. The Bertz CT molecular complexity index is 610. The molecule has 0 spiro atoms. The van der Waals surface area contributed by atoms with Crippen molar-refractivity contribution in [3.8, 4) is 5.75 Å². The van der Waals surface area contributed by atoms with Crippen molar-refractivity contribution >= 4 is 13.3 Å². The van der Waals surface area contributed by atoms with Gasteiger partial charge in [-0.05, 0) is 31.2 Å². The number of hydrogen-bond acceptors (Lipinski definition) is 2.